The average molecular weight is 267 g/mol. The summed E-state index contributed by atoms with van der Waals surface area (Å²) in [6.45, 7) is 3.42. The van der Waals surface area contributed by atoms with Gasteiger partial charge in [0.2, 0.25) is 0 Å². The number of nitrogens with two attached hydrogens (primary N) is 1. The number of aliphatic hydroxyl groups is 1. The van der Waals surface area contributed by atoms with Crippen LogP contribution in [0.2, 0.25) is 0 Å². The Morgan fingerprint density at radius 3 is 2.68 bits per heavy atom. The molecule has 0 aromatic heterocycles. The summed E-state index contributed by atoms with van der Waals surface area (Å²) in [5, 5.41) is 9.18. The van der Waals surface area contributed by atoms with Crippen LogP contribution in [0.1, 0.15) is 25.3 Å². The first kappa shape index (κ1) is 15.8. The highest BCUT2D eigenvalue weighted by molar-refractivity contribution is 5.43. The number of methoxy groups -OCH3 is 1. The first-order chi connectivity index (χ1) is 9.24. The van der Waals surface area contributed by atoms with Crippen LogP contribution in [0.3, 0.4) is 0 Å². The van der Waals surface area contributed by atoms with Gasteiger partial charge in [-0.15, -0.1) is 0 Å². The Hall–Kier alpha value is -1.26. The summed E-state index contributed by atoms with van der Waals surface area (Å²) >= 11 is 0. The van der Waals surface area contributed by atoms with E-state index in [0.717, 1.165) is 36.3 Å². The minimum atomic E-state index is 0.0940. The Morgan fingerprint density at radius 2 is 2.11 bits per heavy atom. The second-order valence-corrected chi connectivity index (χ2v) is 4.68. The zero-order valence-electron chi connectivity index (χ0n) is 11.9. The number of hydrogen-bond donors (Lipinski definition) is 2. The SMILES string of the molecule is CCCCOc1ccc(CC(CN)CO)cc1OC. The molecule has 4 heteroatoms. The Bertz CT molecular complexity index is 364. The van der Waals surface area contributed by atoms with Crippen LogP contribution < -0.4 is 15.2 Å². The minimum Gasteiger partial charge on any atom is -0.493 e. The van der Waals surface area contributed by atoms with Gasteiger partial charge in [-0.3, -0.25) is 0 Å². The second-order valence-electron chi connectivity index (χ2n) is 4.68. The molecule has 4 nitrogen and oxygen atoms in total. The van der Waals surface area contributed by atoms with Crippen LogP contribution >= 0.6 is 0 Å². The van der Waals surface area contributed by atoms with Crippen LogP contribution in [-0.2, 0) is 6.42 Å². The maximum absolute atomic E-state index is 9.18. The van der Waals surface area contributed by atoms with Crippen LogP contribution in [-0.4, -0.2) is 32.0 Å². The van der Waals surface area contributed by atoms with Gasteiger partial charge in [0.1, 0.15) is 0 Å². The van der Waals surface area contributed by atoms with Gasteiger partial charge in [-0.25, -0.2) is 0 Å². The summed E-state index contributed by atoms with van der Waals surface area (Å²) in [5.74, 6) is 1.60. The molecule has 1 atom stereocenters. The molecule has 0 aliphatic heterocycles. The summed E-state index contributed by atoms with van der Waals surface area (Å²) in [5.41, 5.74) is 6.70. The number of rotatable bonds is 9. The topological polar surface area (TPSA) is 64.7 Å². The highest BCUT2D eigenvalue weighted by atomic mass is 16.5. The van der Waals surface area contributed by atoms with E-state index in [1.165, 1.54) is 0 Å². The molecule has 1 aromatic rings. The fraction of sp³-hybridized carbons (Fsp3) is 0.600. The van der Waals surface area contributed by atoms with Crippen LogP contribution in [0, 0.1) is 5.92 Å². The van der Waals surface area contributed by atoms with Gasteiger partial charge in [0.15, 0.2) is 11.5 Å². The van der Waals surface area contributed by atoms with Gasteiger partial charge in [0.05, 0.1) is 13.7 Å². The van der Waals surface area contributed by atoms with Crippen molar-refractivity contribution in [3.8, 4) is 11.5 Å². The van der Waals surface area contributed by atoms with E-state index in [4.69, 9.17) is 15.2 Å². The maximum atomic E-state index is 9.18. The van der Waals surface area contributed by atoms with E-state index in [1.54, 1.807) is 7.11 Å². The van der Waals surface area contributed by atoms with Crippen molar-refractivity contribution in [1.82, 2.24) is 0 Å². The summed E-state index contributed by atoms with van der Waals surface area (Å²) in [6.07, 6.45) is 2.89. The highest BCUT2D eigenvalue weighted by Gasteiger charge is 2.10. The monoisotopic (exact) mass is 267 g/mol. The van der Waals surface area contributed by atoms with Gasteiger partial charge in [0, 0.05) is 6.61 Å². The zero-order chi connectivity index (χ0) is 14.1. The van der Waals surface area contributed by atoms with E-state index in [0.29, 0.717) is 13.2 Å². The quantitative estimate of drug-likeness (QED) is 0.672. The zero-order valence-corrected chi connectivity index (χ0v) is 11.9. The molecule has 0 heterocycles. The lowest BCUT2D eigenvalue weighted by Gasteiger charge is -2.14. The van der Waals surface area contributed by atoms with Gasteiger partial charge in [-0.1, -0.05) is 19.4 Å². The smallest absolute Gasteiger partial charge is 0.161 e. The first-order valence-corrected chi connectivity index (χ1v) is 6.85. The summed E-state index contributed by atoms with van der Waals surface area (Å²) in [7, 11) is 1.64. The van der Waals surface area contributed by atoms with Gasteiger partial charge < -0.3 is 20.3 Å². The summed E-state index contributed by atoms with van der Waals surface area (Å²) in [4.78, 5) is 0. The number of hydrogen-bond acceptors (Lipinski definition) is 4. The molecule has 0 spiro atoms. The highest BCUT2D eigenvalue weighted by Crippen LogP contribution is 2.29. The third-order valence-corrected chi connectivity index (χ3v) is 3.10. The van der Waals surface area contributed by atoms with Crippen LogP contribution in [0.4, 0.5) is 0 Å². The maximum Gasteiger partial charge on any atom is 0.161 e. The van der Waals surface area contributed by atoms with Gasteiger partial charge >= 0.3 is 0 Å². The largest absolute Gasteiger partial charge is 0.493 e. The van der Waals surface area contributed by atoms with Crippen molar-refractivity contribution < 1.29 is 14.6 Å². The van der Waals surface area contributed by atoms with E-state index < -0.39 is 0 Å². The van der Waals surface area contributed by atoms with Gasteiger partial charge in [0.25, 0.3) is 0 Å². The van der Waals surface area contributed by atoms with E-state index in [1.807, 2.05) is 18.2 Å². The van der Waals surface area contributed by atoms with Crippen molar-refractivity contribution in [3.05, 3.63) is 23.8 Å². The van der Waals surface area contributed by atoms with Crippen molar-refractivity contribution >= 4 is 0 Å². The van der Waals surface area contributed by atoms with Crippen molar-refractivity contribution in [2.24, 2.45) is 11.7 Å². The second kappa shape index (κ2) is 8.77. The Morgan fingerprint density at radius 1 is 1.32 bits per heavy atom. The van der Waals surface area contributed by atoms with Crippen LogP contribution in [0.15, 0.2) is 18.2 Å². The van der Waals surface area contributed by atoms with E-state index in [9.17, 15) is 5.11 Å². The standard InChI is InChI=1S/C15H25NO3/c1-3-4-7-19-14-6-5-12(9-15(14)18-2)8-13(10-16)11-17/h5-6,9,13,17H,3-4,7-8,10-11,16H2,1-2H3. The molecule has 1 rings (SSSR count). The van der Waals surface area contributed by atoms with Gasteiger partial charge in [-0.05, 0) is 43.0 Å². The summed E-state index contributed by atoms with van der Waals surface area (Å²) in [6, 6.07) is 5.89. The van der Waals surface area contributed by atoms with Crippen LogP contribution in [0.25, 0.3) is 0 Å². The van der Waals surface area contributed by atoms with E-state index >= 15 is 0 Å². The Kier molecular flexibility index (Phi) is 7.30. The third-order valence-electron chi connectivity index (χ3n) is 3.10. The molecule has 0 aliphatic rings. The number of benzene rings is 1. The van der Waals surface area contributed by atoms with Crippen molar-refractivity contribution in [2.75, 3.05) is 26.9 Å². The molecule has 1 unspecified atom stereocenters. The molecular formula is C15H25NO3. The fourth-order valence-corrected chi connectivity index (χ4v) is 1.84. The number of ether oxygens (including phenoxy) is 2. The lowest BCUT2D eigenvalue weighted by molar-refractivity contribution is 0.229. The van der Waals surface area contributed by atoms with Gasteiger partial charge in [-0.2, -0.15) is 0 Å². The van der Waals surface area contributed by atoms with Crippen LogP contribution in [0.5, 0.6) is 11.5 Å². The average Bonchev–Trinajstić information content (AvgIpc) is 2.46. The molecular weight excluding hydrogens is 242 g/mol. The predicted octanol–water partition coefficient (Wildman–Crippen LogP) is 1.98. The molecule has 0 amide bonds. The first-order valence-electron chi connectivity index (χ1n) is 6.85. The minimum absolute atomic E-state index is 0.0940. The molecule has 1 aromatic carbocycles. The molecule has 0 saturated carbocycles. The molecule has 0 bridgehead atoms. The molecule has 108 valence electrons. The van der Waals surface area contributed by atoms with Crippen molar-refractivity contribution in [1.29, 1.82) is 0 Å². The lowest BCUT2D eigenvalue weighted by Crippen LogP contribution is -2.20. The molecule has 0 fully saturated rings. The summed E-state index contributed by atoms with van der Waals surface area (Å²) < 4.78 is 11.0. The van der Waals surface area contributed by atoms with E-state index in [-0.39, 0.29) is 12.5 Å². The molecule has 19 heavy (non-hydrogen) atoms. The molecule has 3 N–H and O–H groups in total. The van der Waals surface area contributed by atoms with E-state index in [2.05, 4.69) is 6.92 Å². The Labute approximate surface area is 115 Å². The predicted molar refractivity (Wildman–Crippen MR) is 76.7 cm³/mol. The van der Waals surface area contributed by atoms with Crippen molar-refractivity contribution in [3.63, 3.8) is 0 Å². The molecule has 0 aliphatic carbocycles. The number of aliphatic hydroxyl groups excluding tert-OH is 1. The fourth-order valence-electron chi connectivity index (χ4n) is 1.84. The molecule has 0 saturated heterocycles. The normalized spacial score (nSPS) is 12.2. The number of unbranched alkanes of at least 4 members (excludes halogenated alkanes) is 1. The molecule has 0 radical (unpaired) electrons. The van der Waals surface area contributed by atoms with Crippen molar-refractivity contribution in [2.45, 2.75) is 26.2 Å². The lowest BCUT2D eigenvalue weighted by atomic mass is 10.00. The Balaban J connectivity index is 2.71. The third kappa shape index (κ3) is 5.09.